The van der Waals surface area contributed by atoms with Crippen molar-refractivity contribution in [3.05, 3.63) is 187 Å². The number of aromatic nitrogens is 5. The summed E-state index contributed by atoms with van der Waals surface area (Å²) in [7, 11) is 0. The highest BCUT2D eigenvalue weighted by Crippen LogP contribution is 2.41. The van der Waals surface area contributed by atoms with Gasteiger partial charge in [0, 0.05) is 28.7 Å². The van der Waals surface area contributed by atoms with E-state index in [1.165, 1.54) is 0 Å². The zero-order valence-corrected chi connectivity index (χ0v) is 30.1. The van der Waals surface area contributed by atoms with E-state index < -0.39 is 0 Å². The molecule has 2 heterocycles. The molecule has 0 amide bonds. The number of rotatable bonds is 8. The standard InChI is InChI=1S/C49H34N6/c1-2-46-51-43-22-12-14-24-45(43)55(46)44-23-13-11-19-38(44)37-29-30-40(42(31-37)34-27-25-33(32-50)26-28-34)39-20-9-10-21-41(39)49-53-47(35-15-5-3-6-16-35)52-48(54-49)36-17-7-4-8-18-36/h3-31H,2H2,1H3. The van der Waals surface area contributed by atoms with Gasteiger partial charge in [0.1, 0.15) is 5.82 Å². The number of imidazole rings is 1. The maximum absolute atomic E-state index is 9.66. The third kappa shape index (κ3) is 6.34. The molecule has 0 spiro atoms. The van der Waals surface area contributed by atoms with E-state index in [1.807, 2.05) is 97.1 Å². The maximum atomic E-state index is 9.66. The summed E-state index contributed by atoms with van der Waals surface area (Å²) < 4.78 is 2.28. The minimum Gasteiger partial charge on any atom is -0.296 e. The first-order valence-electron chi connectivity index (χ1n) is 18.4. The zero-order chi connectivity index (χ0) is 37.1. The Bertz CT molecular complexity index is 2790. The summed E-state index contributed by atoms with van der Waals surface area (Å²) in [5, 5.41) is 9.66. The highest BCUT2D eigenvalue weighted by atomic mass is 15.1. The molecular formula is C49H34N6. The van der Waals surface area contributed by atoms with Crippen molar-refractivity contribution in [3.63, 3.8) is 0 Å². The number of aryl methyl sites for hydroxylation is 1. The maximum Gasteiger partial charge on any atom is 0.164 e. The summed E-state index contributed by atoms with van der Waals surface area (Å²) in [5.74, 6) is 2.81. The smallest absolute Gasteiger partial charge is 0.164 e. The molecule has 6 heteroatoms. The number of nitriles is 1. The molecule has 9 aromatic rings. The molecule has 7 aromatic carbocycles. The normalized spacial score (nSPS) is 11.1. The first-order valence-corrected chi connectivity index (χ1v) is 18.4. The molecular weight excluding hydrogens is 673 g/mol. The molecule has 0 radical (unpaired) electrons. The van der Waals surface area contributed by atoms with Crippen molar-refractivity contribution in [1.29, 1.82) is 5.26 Å². The van der Waals surface area contributed by atoms with Gasteiger partial charge in [-0.15, -0.1) is 0 Å². The number of benzene rings is 7. The van der Waals surface area contributed by atoms with E-state index >= 15 is 0 Å². The minimum atomic E-state index is 0.586. The van der Waals surface area contributed by atoms with Gasteiger partial charge in [-0.25, -0.2) is 19.9 Å². The van der Waals surface area contributed by atoms with Crippen LogP contribution in [0.5, 0.6) is 0 Å². The van der Waals surface area contributed by atoms with Crippen LogP contribution in [0.1, 0.15) is 18.3 Å². The van der Waals surface area contributed by atoms with Gasteiger partial charge in [-0.05, 0) is 64.2 Å². The fourth-order valence-electron chi connectivity index (χ4n) is 7.25. The Morgan fingerprint density at radius 3 is 1.67 bits per heavy atom. The van der Waals surface area contributed by atoms with Gasteiger partial charge in [-0.3, -0.25) is 4.57 Å². The zero-order valence-electron chi connectivity index (χ0n) is 30.1. The fraction of sp³-hybridized carbons (Fsp3) is 0.0408. The fourth-order valence-corrected chi connectivity index (χ4v) is 7.25. The lowest BCUT2D eigenvalue weighted by molar-refractivity contribution is 0.909. The average molecular weight is 707 g/mol. The molecule has 0 aliphatic carbocycles. The minimum absolute atomic E-state index is 0.586. The van der Waals surface area contributed by atoms with Crippen molar-refractivity contribution < 1.29 is 0 Å². The largest absolute Gasteiger partial charge is 0.296 e. The van der Waals surface area contributed by atoms with Crippen LogP contribution in [0, 0.1) is 11.3 Å². The molecule has 2 aromatic heterocycles. The summed E-state index contributed by atoms with van der Waals surface area (Å²) in [6.45, 7) is 2.15. The van der Waals surface area contributed by atoms with E-state index in [2.05, 4.69) is 96.4 Å². The van der Waals surface area contributed by atoms with E-state index in [9.17, 15) is 5.26 Å². The summed E-state index contributed by atoms with van der Waals surface area (Å²) >= 11 is 0. The third-order valence-electron chi connectivity index (χ3n) is 9.90. The summed E-state index contributed by atoms with van der Waals surface area (Å²) in [5.41, 5.74) is 12.6. The Kier molecular flexibility index (Phi) is 8.79. The molecule has 0 fully saturated rings. The number of para-hydroxylation sites is 3. The predicted octanol–water partition coefficient (Wildman–Crippen LogP) is 11.6. The second-order valence-electron chi connectivity index (χ2n) is 13.3. The van der Waals surface area contributed by atoms with Gasteiger partial charge in [0.15, 0.2) is 17.5 Å². The Hall–Kier alpha value is -7.49. The van der Waals surface area contributed by atoms with Crippen LogP contribution in [0.4, 0.5) is 0 Å². The molecule has 0 saturated carbocycles. The first kappa shape index (κ1) is 33.4. The second-order valence-corrected chi connectivity index (χ2v) is 13.3. The predicted molar refractivity (Wildman–Crippen MR) is 221 cm³/mol. The van der Waals surface area contributed by atoms with Crippen molar-refractivity contribution in [3.8, 4) is 79.3 Å². The average Bonchev–Trinajstić information content (AvgIpc) is 3.65. The van der Waals surface area contributed by atoms with E-state index in [4.69, 9.17) is 19.9 Å². The van der Waals surface area contributed by atoms with Crippen LogP contribution in [0.3, 0.4) is 0 Å². The van der Waals surface area contributed by atoms with Gasteiger partial charge in [-0.1, -0.05) is 146 Å². The van der Waals surface area contributed by atoms with E-state index in [-0.39, 0.29) is 0 Å². The van der Waals surface area contributed by atoms with Crippen molar-refractivity contribution >= 4 is 11.0 Å². The lowest BCUT2D eigenvalue weighted by atomic mass is 9.88. The molecule has 0 saturated heterocycles. The van der Waals surface area contributed by atoms with Gasteiger partial charge in [-0.2, -0.15) is 5.26 Å². The van der Waals surface area contributed by atoms with Crippen LogP contribution in [0.2, 0.25) is 0 Å². The van der Waals surface area contributed by atoms with E-state index in [0.29, 0.717) is 23.0 Å². The van der Waals surface area contributed by atoms with Crippen molar-refractivity contribution in [2.45, 2.75) is 13.3 Å². The Labute approximate surface area is 319 Å². The SMILES string of the molecule is CCc1nc2ccccc2n1-c1ccccc1-c1ccc(-c2ccccc2-c2nc(-c3ccccc3)nc(-c3ccccc3)n2)c(-c2ccc(C#N)cc2)c1. The molecule has 0 aliphatic rings. The van der Waals surface area contributed by atoms with Crippen molar-refractivity contribution in [2.75, 3.05) is 0 Å². The van der Waals surface area contributed by atoms with Gasteiger partial charge >= 0.3 is 0 Å². The molecule has 9 rings (SSSR count). The summed E-state index contributed by atoms with van der Waals surface area (Å²) in [4.78, 5) is 20.1. The van der Waals surface area contributed by atoms with Crippen LogP contribution in [-0.4, -0.2) is 24.5 Å². The number of hydrogen-bond acceptors (Lipinski definition) is 5. The van der Waals surface area contributed by atoms with Gasteiger partial charge in [0.25, 0.3) is 0 Å². The van der Waals surface area contributed by atoms with E-state index in [1.54, 1.807) is 0 Å². The molecule has 0 N–H and O–H groups in total. The molecule has 0 aliphatic heterocycles. The highest BCUT2D eigenvalue weighted by molar-refractivity contribution is 5.94. The Morgan fingerprint density at radius 2 is 1.00 bits per heavy atom. The molecule has 55 heavy (non-hydrogen) atoms. The van der Waals surface area contributed by atoms with Crippen LogP contribution in [0.15, 0.2) is 176 Å². The van der Waals surface area contributed by atoms with Crippen LogP contribution in [0.25, 0.3) is 84.3 Å². The van der Waals surface area contributed by atoms with Crippen molar-refractivity contribution in [1.82, 2.24) is 24.5 Å². The Morgan fingerprint density at radius 1 is 0.455 bits per heavy atom. The van der Waals surface area contributed by atoms with E-state index in [0.717, 1.165) is 79.0 Å². The lowest BCUT2D eigenvalue weighted by Crippen LogP contribution is -2.02. The third-order valence-corrected chi connectivity index (χ3v) is 9.90. The molecule has 0 bridgehead atoms. The molecule has 0 unspecified atom stereocenters. The first-order chi connectivity index (χ1) is 27.2. The number of fused-ring (bicyclic) bond motifs is 1. The molecule has 260 valence electrons. The second kappa shape index (κ2) is 14.5. The highest BCUT2D eigenvalue weighted by Gasteiger charge is 2.20. The van der Waals surface area contributed by atoms with Crippen LogP contribution in [-0.2, 0) is 6.42 Å². The van der Waals surface area contributed by atoms with Crippen molar-refractivity contribution in [2.24, 2.45) is 0 Å². The lowest BCUT2D eigenvalue weighted by Gasteiger charge is -2.18. The van der Waals surface area contributed by atoms with Crippen LogP contribution >= 0.6 is 0 Å². The summed E-state index contributed by atoms with van der Waals surface area (Å²) in [6.07, 6.45) is 0.796. The number of nitrogens with zero attached hydrogens (tertiary/aromatic N) is 6. The van der Waals surface area contributed by atoms with Gasteiger partial charge < -0.3 is 0 Å². The Balaban J connectivity index is 1.25. The summed E-state index contributed by atoms with van der Waals surface area (Å²) in [6, 6.07) is 61.9. The van der Waals surface area contributed by atoms with Gasteiger partial charge in [0.05, 0.1) is 28.4 Å². The van der Waals surface area contributed by atoms with Crippen LogP contribution < -0.4 is 0 Å². The molecule has 0 atom stereocenters. The van der Waals surface area contributed by atoms with Gasteiger partial charge in [0.2, 0.25) is 0 Å². The quantitative estimate of drug-likeness (QED) is 0.157. The monoisotopic (exact) mass is 706 g/mol. The number of hydrogen-bond donors (Lipinski definition) is 0. The molecule has 6 nitrogen and oxygen atoms in total. The topological polar surface area (TPSA) is 80.3 Å².